The molecule has 6 heteroatoms. The van der Waals surface area contributed by atoms with E-state index in [1.54, 1.807) is 25.1 Å². The van der Waals surface area contributed by atoms with E-state index < -0.39 is 6.10 Å². The number of ether oxygens (including phenoxy) is 1. The fourth-order valence-electron chi connectivity index (χ4n) is 2.37. The normalized spacial score (nSPS) is 12.3. The molecule has 4 nitrogen and oxygen atoms in total. The lowest BCUT2D eigenvalue weighted by atomic mass is 10.1. The van der Waals surface area contributed by atoms with Crippen molar-refractivity contribution in [1.82, 2.24) is 5.43 Å². The highest BCUT2D eigenvalue weighted by molar-refractivity contribution is 6.43. The Bertz CT molecular complexity index is 973. The van der Waals surface area contributed by atoms with Crippen LogP contribution in [-0.4, -0.2) is 18.2 Å². The molecular formula is C20H16Cl2N2O2. The van der Waals surface area contributed by atoms with Crippen molar-refractivity contribution in [3.05, 3.63) is 76.3 Å². The van der Waals surface area contributed by atoms with Crippen LogP contribution in [0.3, 0.4) is 0 Å². The first-order valence-electron chi connectivity index (χ1n) is 7.97. The number of nitrogens with one attached hydrogen (secondary N) is 1. The van der Waals surface area contributed by atoms with Gasteiger partial charge in [0.15, 0.2) is 6.10 Å². The Hall–Kier alpha value is -2.56. The lowest BCUT2D eigenvalue weighted by Gasteiger charge is -2.13. The molecule has 0 spiro atoms. The number of hydrogen-bond donors (Lipinski definition) is 1. The van der Waals surface area contributed by atoms with Gasteiger partial charge < -0.3 is 4.74 Å². The van der Waals surface area contributed by atoms with Crippen LogP contribution in [0.5, 0.6) is 5.75 Å². The number of fused-ring (bicyclic) bond motifs is 1. The van der Waals surface area contributed by atoms with Crippen molar-refractivity contribution in [1.29, 1.82) is 0 Å². The molecule has 0 radical (unpaired) electrons. The summed E-state index contributed by atoms with van der Waals surface area (Å²) in [6.07, 6.45) is 0.734. The fourth-order valence-corrected chi connectivity index (χ4v) is 2.73. The number of halogens is 2. The van der Waals surface area contributed by atoms with E-state index in [0.717, 1.165) is 10.8 Å². The van der Waals surface area contributed by atoms with Gasteiger partial charge in [0.1, 0.15) is 5.75 Å². The summed E-state index contributed by atoms with van der Waals surface area (Å²) in [7, 11) is 0. The first-order chi connectivity index (χ1) is 12.5. The van der Waals surface area contributed by atoms with Crippen LogP contribution in [0, 0.1) is 0 Å². The number of benzene rings is 3. The molecule has 1 atom stereocenters. The van der Waals surface area contributed by atoms with Gasteiger partial charge in [-0.2, -0.15) is 5.10 Å². The van der Waals surface area contributed by atoms with Gasteiger partial charge in [-0.15, -0.1) is 0 Å². The maximum Gasteiger partial charge on any atom is 0.280 e. The summed E-state index contributed by atoms with van der Waals surface area (Å²) in [5.74, 6) is 0.251. The van der Waals surface area contributed by atoms with Crippen LogP contribution in [-0.2, 0) is 4.79 Å². The van der Waals surface area contributed by atoms with E-state index in [0.29, 0.717) is 21.4 Å². The zero-order chi connectivity index (χ0) is 18.5. The van der Waals surface area contributed by atoms with Crippen LogP contribution in [0.2, 0.25) is 10.0 Å². The Kier molecular flexibility index (Phi) is 5.76. The minimum absolute atomic E-state index is 0.368. The van der Waals surface area contributed by atoms with Crippen molar-refractivity contribution >= 4 is 46.1 Å². The molecule has 3 rings (SSSR count). The predicted molar refractivity (Wildman–Crippen MR) is 106 cm³/mol. The van der Waals surface area contributed by atoms with Crippen molar-refractivity contribution in [2.24, 2.45) is 5.10 Å². The van der Waals surface area contributed by atoms with Gasteiger partial charge in [-0.1, -0.05) is 65.7 Å². The molecule has 0 heterocycles. The first-order valence-corrected chi connectivity index (χ1v) is 8.72. The van der Waals surface area contributed by atoms with Gasteiger partial charge in [-0.3, -0.25) is 4.79 Å². The summed E-state index contributed by atoms with van der Waals surface area (Å²) >= 11 is 12.0. The third kappa shape index (κ3) is 4.34. The van der Waals surface area contributed by atoms with Crippen LogP contribution in [0.1, 0.15) is 12.5 Å². The van der Waals surface area contributed by atoms with E-state index in [9.17, 15) is 4.79 Å². The second-order valence-corrected chi connectivity index (χ2v) is 6.43. The molecule has 1 amide bonds. The smallest absolute Gasteiger partial charge is 0.280 e. The largest absolute Gasteiger partial charge is 0.481 e. The zero-order valence-electron chi connectivity index (χ0n) is 13.9. The number of hydrazone groups is 1. The van der Waals surface area contributed by atoms with Crippen LogP contribution in [0.4, 0.5) is 0 Å². The summed E-state index contributed by atoms with van der Waals surface area (Å²) in [6, 6.07) is 18.8. The number of carbonyl (C=O) groups is 1. The van der Waals surface area contributed by atoms with Crippen molar-refractivity contribution in [3.63, 3.8) is 0 Å². The van der Waals surface area contributed by atoms with E-state index >= 15 is 0 Å². The van der Waals surface area contributed by atoms with Crippen molar-refractivity contribution in [2.75, 3.05) is 0 Å². The number of nitrogens with zero attached hydrogens (tertiary/aromatic N) is 1. The van der Waals surface area contributed by atoms with E-state index in [4.69, 9.17) is 27.9 Å². The Morgan fingerprint density at radius 2 is 1.85 bits per heavy atom. The van der Waals surface area contributed by atoms with Crippen LogP contribution < -0.4 is 10.2 Å². The molecular weight excluding hydrogens is 371 g/mol. The van der Waals surface area contributed by atoms with Crippen molar-refractivity contribution < 1.29 is 9.53 Å². The third-order valence-corrected chi connectivity index (χ3v) is 4.60. The summed E-state index contributed by atoms with van der Waals surface area (Å²) in [6.45, 7) is 1.66. The monoisotopic (exact) mass is 386 g/mol. The quantitative estimate of drug-likeness (QED) is 0.491. The minimum Gasteiger partial charge on any atom is -0.481 e. The van der Waals surface area contributed by atoms with E-state index in [1.165, 1.54) is 6.21 Å². The summed E-state index contributed by atoms with van der Waals surface area (Å²) in [5, 5.41) is 6.87. The lowest BCUT2D eigenvalue weighted by Crippen LogP contribution is -2.33. The van der Waals surface area contributed by atoms with Gasteiger partial charge in [-0.25, -0.2) is 5.43 Å². The van der Waals surface area contributed by atoms with Gasteiger partial charge in [0.05, 0.1) is 16.3 Å². The second kappa shape index (κ2) is 8.21. The highest BCUT2D eigenvalue weighted by atomic mass is 35.5. The molecule has 0 aromatic heterocycles. The minimum atomic E-state index is -0.705. The molecule has 0 saturated heterocycles. The predicted octanol–water partition coefficient (Wildman–Crippen LogP) is 5.06. The van der Waals surface area contributed by atoms with Gasteiger partial charge in [0.2, 0.25) is 0 Å². The fraction of sp³-hybridized carbons (Fsp3) is 0.100. The summed E-state index contributed by atoms with van der Waals surface area (Å²) in [5.41, 5.74) is 3.05. The maximum atomic E-state index is 12.1. The number of hydrogen-bond acceptors (Lipinski definition) is 3. The maximum absolute atomic E-state index is 12.1. The molecule has 1 N–H and O–H groups in total. The third-order valence-electron chi connectivity index (χ3n) is 3.76. The average Bonchev–Trinajstić information content (AvgIpc) is 2.65. The molecule has 26 heavy (non-hydrogen) atoms. The number of carbonyl (C=O) groups excluding carboxylic acids is 1. The van der Waals surface area contributed by atoms with E-state index in [-0.39, 0.29) is 5.91 Å². The standard InChI is InChI=1S/C20H16Cl2N2O2/c1-13(26-17-10-9-14-5-2-3-6-15(14)11-17)20(25)24-23-12-16-7-4-8-18(21)19(16)22/h2-13H,1H3,(H,24,25)/b23-12-/t13-/m1/s1. The highest BCUT2D eigenvalue weighted by Gasteiger charge is 2.14. The zero-order valence-corrected chi connectivity index (χ0v) is 15.5. The topological polar surface area (TPSA) is 50.7 Å². The van der Waals surface area contributed by atoms with Crippen LogP contribution in [0.15, 0.2) is 65.8 Å². The number of rotatable bonds is 5. The molecule has 0 unspecified atom stereocenters. The van der Waals surface area contributed by atoms with Crippen LogP contribution in [0.25, 0.3) is 10.8 Å². The average molecular weight is 387 g/mol. The Morgan fingerprint density at radius 1 is 1.08 bits per heavy atom. The molecule has 3 aromatic rings. The van der Waals surface area contributed by atoms with Gasteiger partial charge in [-0.05, 0) is 35.9 Å². The molecule has 0 bridgehead atoms. The van der Waals surface area contributed by atoms with Crippen molar-refractivity contribution in [3.8, 4) is 5.75 Å². The Labute approximate surface area is 161 Å². The Morgan fingerprint density at radius 3 is 2.65 bits per heavy atom. The van der Waals surface area contributed by atoms with Gasteiger partial charge in [0, 0.05) is 5.56 Å². The van der Waals surface area contributed by atoms with Gasteiger partial charge >= 0.3 is 0 Å². The van der Waals surface area contributed by atoms with E-state index in [2.05, 4.69) is 10.5 Å². The Balaban J connectivity index is 1.62. The molecule has 0 saturated carbocycles. The highest BCUT2D eigenvalue weighted by Crippen LogP contribution is 2.24. The molecule has 0 aliphatic rings. The van der Waals surface area contributed by atoms with Gasteiger partial charge in [0.25, 0.3) is 5.91 Å². The summed E-state index contributed by atoms with van der Waals surface area (Å²) < 4.78 is 5.70. The van der Waals surface area contributed by atoms with E-state index in [1.807, 2.05) is 42.5 Å². The molecule has 132 valence electrons. The molecule has 0 fully saturated rings. The molecule has 3 aromatic carbocycles. The second-order valence-electron chi connectivity index (χ2n) is 5.65. The number of amides is 1. The SMILES string of the molecule is C[C@@H](Oc1ccc2ccccc2c1)C(=O)N/N=C\c1cccc(Cl)c1Cl. The first kappa shape index (κ1) is 18.2. The lowest BCUT2D eigenvalue weighted by molar-refractivity contribution is -0.127. The van der Waals surface area contributed by atoms with Crippen molar-refractivity contribution in [2.45, 2.75) is 13.0 Å². The van der Waals surface area contributed by atoms with Crippen LogP contribution >= 0.6 is 23.2 Å². The molecule has 0 aliphatic heterocycles. The molecule has 0 aliphatic carbocycles. The summed E-state index contributed by atoms with van der Waals surface area (Å²) in [4.78, 5) is 12.1.